The minimum absolute atomic E-state index is 0.706. The Morgan fingerprint density at radius 3 is 2.80 bits per heavy atom. The maximum absolute atomic E-state index is 5.07. The van der Waals surface area contributed by atoms with Gasteiger partial charge in [0.2, 0.25) is 0 Å². The van der Waals surface area contributed by atoms with E-state index in [0.717, 1.165) is 24.7 Å². The molecule has 1 aliphatic rings. The van der Waals surface area contributed by atoms with Crippen molar-refractivity contribution >= 4 is 17.3 Å². The number of nitrogens with one attached hydrogen (secondary N) is 1. The lowest BCUT2D eigenvalue weighted by molar-refractivity contribution is 0.401. The van der Waals surface area contributed by atoms with Gasteiger partial charge in [0.15, 0.2) is 5.11 Å². The summed E-state index contributed by atoms with van der Waals surface area (Å²) in [4.78, 5) is 2.22. The van der Waals surface area contributed by atoms with Gasteiger partial charge in [0.1, 0.15) is 0 Å². The molecular weight excluding hydrogens is 144 g/mol. The lowest BCUT2D eigenvalue weighted by atomic mass is 10.2. The molecule has 1 heterocycles. The van der Waals surface area contributed by atoms with Crippen LogP contribution in [-0.2, 0) is 0 Å². The van der Waals surface area contributed by atoms with Crippen molar-refractivity contribution in [3.8, 4) is 0 Å². The summed E-state index contributed by atoms with van der Waals surface area (Å²) in [6.07, 6.45) is 0. The SMILES string of the molecule is CC(C)CN1CCNC1=S. The molecular formula is C7H14N2S. The van der Waals surface area contributed by atoms with Gasteiger partial charge in [-0.1, -0.05) is 13.8 Å². The first-order valence-electron chi connectivity index (χ1n) is 3.73. The van der Waals surface area contributed by atoms with E-state index in [4.69, 9.17) is 12.2 Å². The van der Waals surface area contributed by atoms with Gasteiger partial charge in [-0.3, -0.25) is 0 Å². The minimum atomic E-state index is 0.706. The van der Waals surface area contributed by atoms with Gasteiger partial charge in [-0.25, -0.2) is 0 Å². The van der Waals surface area contributed by atoms with Gasteiger partial charge in [-0.05, 0) is 18.1 Å². The lowest BCUT2D eigenvalue weighted by Gasteiger charge is -2.18. The highest BCUT2D eigenvalue weighted by atomic mass is 32.1. The number of rotatable bonds is 2. The third-order valence-electron chi connectivity index (χ3n) is 1.53. The van der Waals surface area contributed by atoms with E-state index in [1.165, 1.54) is 0 Å². The molecule has 0 saturated carbocycles. The zero-order valence-corrected chi connectivity index (χ0v) is 7.37. The van der Waals surface area contributed by atoms with Crippen LogP contribution in [0.15, 0.2) is 0 Å². The first-order valence-corrected chi connectivity index (χ1v) is 4.13. The quantitative estimate of drug-likeness (QED) is 0.599. The molecule has 0 unspecified atom stereocenters. The van der Waals surface area contributed by atoms with Gasteiger partial charge in [-0.15, -0.1) is 0 Å². The van der Waals surface area contributed by atoms with E-state index >= 15 is 0 Å². The maximum Gasteiger partial charge on any atom is 0.169 e. The van der Waals surface area contributed by atoms with Crippen molar-refractivity contribution in [2.75, 3.05) is 19.6 Å². The second-order valence-corrected chi connectivity index (χ2v) is 3.46. The Balaban J connectivity index is 2.33. The molecule has 2 nitrogen and oxygen atoms in total. The predicted molar refractivity (Wildman–Crippen MR) is 47.0 cm³/mol. The maximum atomic E-state index is 5.07. The zero-order chi connectivity index (χ0) is 7.56. The van der Waals surface area contributed by atoms with E-state index in [2.05, 4.69) is 24.1 Å². The fourth-order valence-electron chi connectivity index (χ4n) is 1.13. The van der Waals surface area contributed by atoms with Crippen LogP contribution in [0.3, 0.4) is 0 Å². The van der Waals surface area contributed by atoms with Crippen molar-refractivity contribution in [3.63, 3.8) is 0 Å². The van der Waals surface area contributed by atoms with E-state index in [9.17, 15) is 0 Å². The lowest BCUT2D eigenvalue weighted by Crippen LogP contribution is -2.31. The molecule has 0 radical (unpaired) electrons. The Morgan fingerprint density at radius 2 is 2.40 bits per heavy atom. The summed E-state index contributed by atoms with van der Waals surface area (Å²) in [5.41, 5.74) is 0. The van der Waals surface area contributed by atoms with Crippen molar-refractivity contribution in [2.24, 2.45) is 5.92 Å². The summed E-state index contributed by atoms with van der Waals surface area (Å²) in [5.74, 6) is 0.706. The van der Waals surface area contributed by atoms with E-state index in [1.807, 2.05) is 0 Å². The van der Waals surface area contributed by atoms with Crippen molar-refractivity contribution in [3.05, 3.63) is 0 Å². The van der Waals surface area contributed by atoms with E-state index in [0.29, 0.717) is 5.92 Å². The summed E-state index contributed by atoms with van der Waals surface area (Å²) in [6, 6.07) is 0. The molecule has 0 bridgehead atoms. The van der Waals surface area contributed by atoms with E-state index < -0.39 is 0 Å². The summed E-state index contributed by atoms with van der Waals surface area (Å²) < 4.78 is 0. The van der Waals surface area contributed by atoms with Gasteiger partial charge >= 0.3 is 0 Å². The number of nitrogens with zero attached hydrogens (tertiary/aromatic N) is 1. The summed E-state index contributed by atoms with van der Waals surface area (Å²) in [6.45, 7) is 7.61. The van der Waals surface area contributed by atoms with Crippen molar-refractivity contribution < 1.29 is 0 Å². The molecule has 0 amide bonds. The van der Waals surface area contributed by atoms with Gasteiger partial charge in [0.25, 0.3) is 0 Å². The highest BCUT2D eigenvalue weighted by molar-refractivity contribution is 7.80. The van der Waals surface area contributed by atoms with Crippen LogP contribution in [-0.4, -0.2) is 29.6 Å². The van der Waals surface area contributed by atoms with Gasteiger partial charge in [0, 0.05) is 19.6 Å². The fourth-order valence-corrected chi connectivity index (χ4v) is 1.39. The fraction of sp³-hybridized carbons (Fsp3) is 0.857. The zero-order valence-electron chi connectivity index (χ0n) is 6.55. The number of hydrogen-bond acceptors (Lipinski definition) is 1. The minimum Gasteiger partial charge on any atom is -0.361 e. The molecule has 0 aromatic rings. The summed E-state index contributed by atoms with van der Waals surface area (Å²) in [5, 5.41) is 4.06. The number of thiocarbonyl (C=S) groups is 1. The Bertz CT molecular complexity index is 134. The second kappa shape index (κ2) is 3.19. The van der Waals surface area contributed by atoms with Crippen LogP contribution < -0.4 is 5.32 Å². The van der Waals surface area contributed by atoms with Crippen molar-refractivity contribution in [1.82, 2.24) is 10.2 Å². The van der Waals surface area contributed by atoms with E-state index in [-0.39, 0.29) is 0 Å². The molecule has 1 N–H and O–H groups in total. The van der Waals surface area contributed by atoms with Crippen molar-refractivity contribution in [1.29, 1.82) is 0 Å². The Morgan fingerprint density at radius 1 is 1.70 bits per heavy atom. The largest absolute Gasteiger partial charge is 0.361 e. The topological polar surface area (TPSA) is 15.3 Å². The van der Waals surface area contributed by atoms with Crippen LogP contribution in [0.1, 0.15) is 13.8 Å². The molecule has 3 heteroatoms. The van der Waals surface area contributed by atoms with Crippen molar-refractivity contribution in [2.45, 2.75) is 13.8 Å². The Kier molecular flexibility index (Phi) is 2.49. The van der Waals surface area contributed by atoms with Crippen LogP contribution in [0.2, 0.25) is 0 Å². The van der Waals surface area contributed by atoms with Crippen LogP contribution in [0.5, 0.6) is 0 Å². The average molecular weight is 158 g/mol. The molecule has 1 aliphatic heterocycles. The second-order valence-electron chi connectivity index (χ2n) is 3.07. The van der Waals surface area contributed by atoms with Crippen LogP contribution in [0, 0.1) is 5.92 Å². The Hall–Kier alpha value is -0.310. The molecule has 0 aromatic heterocycles. The third-order valence-corrected chi connectivity index (χ3v) is 1.93. The highest BCUT2D eigenvalue weighted by Gasteiger charge is 2.15. The van der Waals surface area contributed by atoms with Crippen LogP contribution in [0.25, 0.3) is 0 Å². The first-order chi connectivity index (χ1) is 4.70. The molecule has 0 atom stereocenters. The molecule has 1 fully saturated rings. The molecule has 10 heavy (non-hydrogen) atoms. The monoisotopic (exact) mass is 158 g/mol. The predicted octanol–water partition coefficient (Wildman–Crippen LogP) is 0.833. The summed E-state index contributed by atoms with van der Waals surface area (Å²) >= 11 is 5.07. The summed E-state index contributed by atoms with van der Waals surface area (Å²) in [7, 11) is 0. The molecule has 0 spiro atoms. The highest BCUT2D eigenvalue weighted by Crippen LogP contribution is 2.02. The molecule has 1 rings (SSSR count). The Labute approximate surface area is 67.6 Å². The van der Waals surface area contributed by atoms with Gasteiger partial charge in [-0.2, -0.15) is 0 Å². The third kappa shape index (κ3) is 1.84. The number of hydrogen-bond donors (Lipinski definition) is 1. The average Bonchev–Trinajstić information content (AvgIpc) is 2.15. The van der Waals surface area contributed by atoms with Crippen LogP contribution >= 0.6 is 12.2 Å². The van der Waals surface area contributed by atoms with Crippen LogP contribution in [0.4, 0.5) is 0 Å². The van der Waals surface area contributed by atoms with Gasteiger partial charge < -0.3 is 10.2 Å². The molecule has 0 aromatic carbocycles. The smallest absolute Gasteiger partial charge is 0.169 e. The molecule has 58 valence electrons. The normalized spacial score (nSPS) is 18.3. The molecule has 0 aliphatic carbocycles. The first kappa shape index (κ1) is 7.79. The van der Waals surface area contributed by atoms with Gasteiger partial charge in [0.05, 0.1) is 0 Å². The van der Waals surface area contributed by atoms with E-state index in [1.54, 1.807) is 0 Å². The molecule has 1 saturated heterocycles. The standard InChI is InChI=1S/C7H14N2S/c1-6(2)5-9-4-3-8-7(9)10/h6H,3-5H2,1-2H3,(H,8,10).